The van der Waals surface area contributed by atoms with E-state index in [1.165, 1.54) is 32.1 Å². The van der Waals surface area contributed by atoms with Gasteiger partial charge in [0.25, 0.3) is 0 Å². The lowest BCUT2D eigenvalue weighted by molar-refractivity contribution is -0.122. The zero-order chi connectivity index (χ0) is 37.8. The molecular formula is C48H75NO3. The topological polar surface area (TPSA) is 69.6 Å². The normalized spacial score (nSPS) is 14.5. The maximum atomic E-state index is 12.3. The molecule has 0 aromatic carbocycles. The van der Waals surface area contributed by atoms with Crippen LogP contribution in [-0.2, 0) is 4.79 Å². The summed E-state index contributed by atoms with van der Waals surface area (Å²) in [5, 5.41) is 22.8. The van der Waals surface area contributed by atoms with Crippen LogP contribution in [0.3, 0.4) is 0 Å². The number of hydrogen-bond donors (Lipinski definition) is 3. The van der Waals surface area contributed by atoms with Crippen LogP contribution in [0.4, 0.5) is 0 Å². The number of nitrogens with one attached hydrogen (secondary N) is 1. The van der Waals surface area contributed by atoms with Gasteiger partial charge in [-0.2, -0.15) is 0 Å². The molecule has 0 heterocycles. The van der Waals surface area contributed by atoms with E-state index in [0.29, 0.717) is 6.42 Å². The van der Waals surface area contributed by atoms with Crippen molar-refractivity contribution in [1.82, 2.24) is 5.32 Å². The number of carbonyl (C=O) groups excluding carboxylic acids is 1. The van der Waals surface area contributed by atoms with Crippen molar-refractivity contribution >= 4 is 5.91 Å². The molecule has 0 fully saturated rings. The number of amides is 1. The van der Waals surface area contributed by atoms with E-state index in [9.17, 15) is 15.0 Å². The number of carbonyl (C=O) groups is 1. The average Bonchev–Trinajstić information content (AvgIpc) is 3.15. The first-order chi connectivity index (χ1) is 25.7. The Morgan fingerprint density at radius 2 is 0.865 bits per heavy atom. The Kier molecular flexibility index (Phi) is 39.1. The van der Waals surface area contributed by atoms with Gasteiger partial charge in [-0.15, -0.1) is 0 Å². The summed E-state index contributed by atoms with van der Waals surface area (Å²) in [4.78, 5) is 12.3. The Bertz CT molecular complexity index is 1130. The number of rotatable bonds is 34. The summed E-state index contributed by atoms with van der Waals surface area (Å²) >= 11 is 0. The highest BCUT2D eigenvalue weighted by Crippen LogP contribution is 2.07. The van der Waals surface area contributed by atoms with E-state index in [1.807, 2.05) is 6.08 Å². The van der Waals surface area contributed by atoms with Crippen LogP contribution in [-0.4, -0.2) is 34.9 Å². The molecule has 290 valence electrons. The van der Waals surface area contributed by atoms with Crippen molar-refractivity contribution in [3.8, 4) is 0 Å². The third-order valence-electron chi connectivity index (χ3n) is 8.12. The third-order valence-corrected chi connectivity index (χ3v) is 8.12. The molecule has 4 nitrogen and oxygen atoms in total. The van der Waals surface area contributed by atoms with Gasteiger partial charge in [0.15, 0.2) is 0 Å². The predicted octanol–water partition coefficient (Wildman–Crippen LogP) is 12.8. The quantitative estimate of drug-likeness (QED) is 0.0459. The number of aliphatic hydroxyl groups excluding tert-OH is 2. The second-order valence-electron chi connectivity index (χ2n) is 13.0. The molecule has 3 N–H and O–H groups in total. The first kappa shape index (κ1) is 48.5. The van der Waals surface area contributed by atoms with E-state index >= 15 is 0 Å². The molecular weight excluding hydrogens is 639 g/mol. The van der Waals surface area contributed by atoms with Gasteiger partial charge in [-0.1, -0.05) is 173 Å². The molecule has 0 aromatic heterocycles. The van der Waals surface area contributed by atoms with Crippen molar-refractivity contribution in [2.24, 2.45) is 0 Å². The summed E-state index contributed by atoms with van der Waals surface area (Å²) in [6.45, 7) is 4.10. The molecule has 0 rings (SSSR count). The fourth-order valence-electron chi connectivity index (χ4n) is 5.01. The molecule has 0 radical (unpaired) electrons. The Balaban J connectivity index is 3.84. The van der Waals surface area contributed by atoms with Crippen molar-refractivity contribution < 1.29 is 15.0 Å². The minimum Gasteiger partial charge on any atom is -0.394 e. The Morgan fingerprint density at radius 1 is 0.481 bits per heavy atom. The molecule has 0 aliphatic rings. The molecule has 2 unspecified atom stereocenters. The van der Waals surface area contributed by atoms with Crippen LogP contribution in [0.25, 0.3) is 0 Å². The van der Waals surface area contributed by atoms with Crippen LogP contribution in [0.1, 0.15) is 142 Å². The molecule has 0 aliphatic heterocycles. The van der Waals surface area contributed by atoms with Gasteiger partial charge in [0.05, 0.1) is 18.8 Å². The van der Waals surface area contributed by atoms with Crippen LogP contribution in [0.5, 0.6) is 0 Å². The van der Waals surface area contributed by atoms with Crippen molar-refractivity contribution in [2.45, 2.75) is 154 Å². The van der Waals surface area contributed by atoms with Crippen LogP contribution in [0.2, 0.25) is 0 Å². The van der Waals surface area contributed by atoms with E-state index in [2.05, 4.69) is 141 Å². The SMILES string of the molecule is CC/C=C\C/C=C\C/C=C\C/C=C\C/C=C\C/C=C\C/C=C\C/C=C\C/C=C\CCCC(=O)NC(CO)C(O)/C=C/CC/C=C/CCCCCCC. The molecule has 0 aliphatic carbocycles. The van der Waals surface area contributed by atoms with Gasteiger partial charge < -0.3 is 15.5 Å². The van der Waals surface area contributed by atoms with Crippen LogP contribution < -0.4 is 5.32 Å². The van der Waals surface area contributed by atoms with Crippen molar-refractivity contribution in [3.63, 3.8) is 0 Å². The monoisotopic (exact) mass is 714 g/mol. The van der Waals surface area contributed by atoms with Crippen LogP contribution in [0, 0.1) is 0 Å². The molecule has 4 heteroatoms. The average molecular weight is 714 g/mol. The minimum atomic E-state index is -0.894. The molecule has 0 bridgehead atoms. The van der Waals surface area contributed by atoms with Crippen LogP contribution in [0.15, 0.2) is 134 Å². The number of unbranched alkanes of at least 4 members (excludes halogenated alkanes) is 7. The molecule has 0 saturated carbocycles. The van der Waals surface area contributed by atoms with Gasteiger partial charge in [-0.05, 0) is 96.3 Å². The number of aliphatic hydroxyl groups is 2. The maximum absolute atomic E-state index is 12.3. The van der Waals surface area contributed by atoms with Crippen molar-refractivity contribution in [1.29, 1.82) is 0 Å². The molecule has 0 spiro atoms. The molecule has 2 atom stereocenters. The molecule has 52 heavy (non-hydrogen) atoms. The van der Waals surface area contributed by atoms with Gasteiger partial charge in [0, 0.05) is 6.42 Å². The predicted molar refractivity (Wildman–Crippen MR) is 229 cm³/mol. The molecule has 0 saturated heterocycles. The fraction of sp³-hybridized carbons (Fsp3) is 0.521. The maximum Gasteiger partial charge on any atom is 0.220 e. The number of allylic oxidation sites excluding steroid dienone is 21. The van der Waals surface area contributed by atoms with Gasteiger partial charge in [-0.25, -0.2) is 0 Å². The van der Waals surface area contributed by atoms with E-state index < -0.39 is 12.1 Å². The summed E-state index contributed by atoms with van der Waals surface area (Å²) < 4.78 is 0. The first-order valence-electron chi connectivity index (χ1n) is 20.4. The highest BCUT2D eigenvalue weighted by atomic mass is 16.3. The summed E-state index contributed by atoms with van der Waals surface area (Å²) in [5.41, 5.74) is 0. The van der Waals surface area contributed by atoms with Crippen molar-refractivity contribution in [2.75, 3.05) is 6.61 Å². The van der Waals surface area contributed by atoms with E-state index in [4.69, 9.17) is 0 Å². The standard InChI is InChI=1S/C48H75NO3/c1-3-5-7-9-11-13-15-16-17-18-19-20-21-22-23-24-25-26-27-28-29-30-31-32-34-36-38-40-42-44-48(52)49-46(45-50)47(51)43-41-39-37-35-33-14-12-10-8-6-4-2/h5,7,11,13,16-17,19-20,22-23,25-26,28-29,31-33,35-36,38,41,43,46-47,50-51H,3-4,6,8-10,12,14-15,18,21,24,27,30,34,37,39-40,42,44-45H2,1-2H3,(H,49,52)/b7-5-,13-11-,17-16-,20-19-,23-22-,26-25-,29-28-,32-31-,35-33+,38-36-,43-41+. The smallest absolute Gasteiger partial charge is 0.220 e. The molecule has 0 aromatic rings. The summed E-state index contributed by atoms with van der Waals surface area (Å²) in [6, 6.07) is -0.678. The molecule has 1 amide bonds. The number of hydrogen-bond acceptors (Lipinski definition) is 3. The Morgan fingerprint density at radius 3 is 1.33 bits per heavy atom. The third kappa shape index (κ3) is 37.8. The van der Waals surface area contributed by atoms with E-state index in [-0.39, 0.29) is 12.5 Å². The van der Waals surface area contributed by atoms with E-state index in [1.54, 1.807) is 6.08 Å². The highest BCUT2D eigenvalue weighted by Gasteiger charge is 2.17. The van der Waals surface area contributed by atoms with Gasteiger partial charge in [-0.3, -0.25) is 4.79 Å². The fourth-order valence-corrected chi connectivity index (χ4v) is 5.01. The van der Waals surface area contributed by atoms with Gasteiger partial charge in [0.1, 0.15) is 0 Å². The van der Waals surface area contributed by atoms with Gasteiger partial charge in [0.2, 0.25) is 5.91 Å². The lowest BCUT2D eigenvalue weighted by Crippen LogP contribution is -2.45. The summed E-state index contributed by atoms with van der Waals surface area (Å²) in [7, 11) is 0. The van der Waals surface area contributed by atoms with Crippen LogP contribution >= 0.6 is 0 Å². The summed E-state index contributed by atoms with van der Waals surface area (Å²) in [6.07, 6.45) is 67.0. The second-order valence-corrected chi connectivity index (χ2v) is 13.0. The zero-order valence-electron chi connectivity index (χ0n) is 33.0. The highest BCUT2D eigenvalue weighted by molar-refractivity contribution is 5.76. The van der Waals surface area contributed by atoms with Gasteiger partial charge >= 0.3 is 0 Å². The second kappa shape index (κ2) is 41.9. The lowest BCUT2D eigenvalue weighted by Gasteiger charge is -2.19. The lowest BCUT2D eigenvalue weighted by atomic mass is 10.1. The Hall–Kier alpha value is -3.47. The Labute approximate surface area is 320 Å². The van der Waals surface area contributed by atoms with Crippen molar-refractivity contribution in [3.05, 3.63) is 134 Å². The zero-order valence-corrected chi connectivity index (χ0v) is 33.0. The minimum absolute atomic E-state index is 0.141. The largest absolute Gasteiger partial charge is 0.394 e. The van der Waals surface area contributed by atoms with E-state index in [0.717, 1.165) is 89.9 Å². The summed E-state index contributed by atoms with van der Waals surface area (Å²) in [5.74, 6) is -0.141. The first-order valence-corrected chi connectivity index (χ1v) is 20.4.